The Morgan fingerprint density at radius 2 is 1.76 bits per heavy atom. The first-order valence-electron chi connectivity index (χ1n) is 5.65. The van der Waals surface area contributed by atoms with Crippen molar-refractivity contribution in [2.45, 2.75) is 18.7 Å². The molecule has 0 fully saturated rings. The van der Waals surface area contributed by atoms with Gasteiger partial charge in [0.15, 0.2) is 0 Å². The molecule has 0 bridgehead atoms. The summed E-state index contributed by atoms with van der Waals surface area (Å²) < 4.78 is 7.37. The van der Waals surface area contributed by atoms with Crippen LogP contribution in [0.4, 0.5) is 0 Å². The Hall–Kier alpha value is -0.930. The lowest BCUT2D eigenvalue weighted by molar-refractivity contribution is 0.414. The SMILES string of the molecule is C=C.COc1ccc(SN(C)CC(C)C)cc1. The number of hydrogen-bond acceptors (Lipinski definition) is 3. The highest BCUT2D eigenvalue weighted by molar-refractivity contribution is 7.97. The highest BCUT2D eigenvalue weighted by Crippen LogP contribution is 2.24. The Morgan fingerprint density at radius 3 is 2.18 bits per heavy atom. The van der Waals surface area contributed by atoms with E-state index < -0.39 is 0 Å². The Labute approximate surface area is 110 Å². The first-order chi connectivity index (χ1) is 8.11. The van der Waals surface area contributed by atoms with Crippen molar-refractivity contribution in [3.63, 3.8) is 0 Å². The zero-order valence-electron chi connectivity index (χ0n) is 11.3. The van der Waals surface area contributed by atoms with Gasteiger partial charge in [-0.1, -0.05) is 13.8 Å². The maximum Gasteiger partial charge on any atom is 0.118 e. The molecule has 0 saturated carbocycles. The van der Waals surface area contributed by atoms with Crippen LogP contribution in [0.25, 0.3) is 0 Å². The molecule has 0 amide bonds. The van der Waals surface area contributed by atoms with Gasteiger partial charge >= 0.3 is 0 Å². The Balaban J connectivity index is 0.00000121. The lowest BCUT2D eigenvalue weighted by atomic mass is 10.2. The van der Waals surface area contributed by atoms with Gasteiger partial charge < -0.3 is 4.74 Å². The number of hydrogen-bond donors (Lipinski definition) is 0. The van der Waals surface area contributed by atoms with Crippen LogP contribution in [0.15, 0.2) is 42.3 Å². The number of methoxy groups -OCH3 is 1. The molecule has 0 aliphatic heterocycles. The summed E-state index contributed by atoms with van der Waals surface area (Å²) in [5.74, 6) is 1.60. The van der Waals surface area contributed by atoms with E-state index >= 15 is 0 Å². The van der Waals surface area contributed by atoms with Crippen molar-refractivity contribution in [2.24, 2.45) is 5.92 Å². The van der Waals surface area contributed by atoms with Crippen molar-refractivity contribution in [1.29, 1.82) is 0 Å². The fourth-order valence-corrected chi connectivity index (χ4v) is 2.36. The maximum absolute atomic E-state index is 5.12. The van der Waals surface area contributed by atoms with Crippen molar-refractivity contribution in [3.05, 3.63) is 37.4 Å². The van der Waals surface area contributed by atoms with E-state index in [1.54, 1.807) is 19.1 Å². The maximum atomic E-state index is 5.12. The van der Waals surface area contributed by atoms with Crippen molar-refractivity contribution in [1.82, 2.24) is 4.31 Å². The minimum atomic E-state index is 0.695. The molecule has 96 valence electrons. The topological polar surface area (TPSA) is 12.5 Å². The quantitative estimate of drug-likeness (QED) is 0.579. The smallest absolute Gasteiger partial charge is 0.118 e. The standard InChI is InChI=1S/C12H19NOS.C2H4/c1-10(2)9-13(3)15-12-7-5-11(14-4)6-8-12;1-2/h5-8,10H,9H2,1-4H3;1-2H2. The van der Waals surface area contributed by atoms with Gasteiger partial charge in [-0.05, 0) is 49.2 Å². The minimum Gasteiger partial charge on any atom is -0.497 e. The van der Waals surface area contributed by atoms with E-state index in [0.717, 1.165) is 12.3 Å². The molecule has 1 rings (SSSR count). The zero-order valence-corrected chi connectivity index (χ0v) is 12.1. The van der Waals surface area contributed by atoms with Gasteiger partial charge in [-0.2, -0.15) is 0 Å². The molecule has 1 aromatic rings. The van der Waals surface area contributed by atoms with Gasteiger partial charge in [0, 0.05) is 11.4 Å². The summed E-state index contributed by atoms with van der Waals surface area (Å²) in [6, 6.07) is 8.15. The van der Waals surface area contributed by atoms with Crippen LogP contribution in [-0.4, -0.2) is 25.0 Å². The summed E-state index contributed by atoms with van der Waals surface area (Å²) >= 11 is 1.77. The van der Waals surface area contributed by atoms with Crippen LogP contribution < -0.4 is 4.74 Å². The second-order valence-electron chi connectivity index (χ2n) is 3.97. The Kier molecular flexibility index (Phi) is 8.64. The molecule has 0 N–H and O–H groups in total. The third-order valence-electron chi connectivity index (χ3n) is 1.94. The lowest BCUT2D eigenvalue weighted by Gasteiger charge is -2.17. The Bertz CT molecular complexity index is 298. The molecule has 0 spiro atoms. The van der Waals surface area contributed by atoms with E-state index in [4.69, 9.17) is 4.74 Å². The van der Waals surface area contributed by atoms with Gasteiger partial charge in [0.1, 0.15) is 5.75 Å². The van der Waals surface area contributed by atoms with Gasteiger partial charge in [0.25, 0.3) is 0 Å². The second-order valence-corrected chi connectivity index (χ2v) is 5.25. The van der Waals surface area contributed by atoms with Crippen molar-refractivity contribution >= 4 is 11.9 Å². The lowest BCUT2D eigenvalue weighted by Crippen LogP contribution is -2.15. The van der Waals surface area contributed by atoms with Crippen molar-refractivity contribution in [2.75, 3.05) is 20.7 Å². The average molecular weight is 253 g/mol. The first kappa shape index (κ1) is 16.1. The van der Waals surface area contributed by atoms with E-state index in [1.165, 1.54) is 4.90 Å². The first-order valence-corrected chi connectivity index (χ1v) is 6.42. The molecule has 0 aliphatic carbocycles. The number of nitrogens with zero attached hydrogens (tertiary/aromatic N) is 1. The number of ether oxygens (including phenoxy) is 1. The van der Waals surface area contributed by atoms with Crippen LogP contribution in [0.5, 0.6) is 5.75 Å². The van der Waals surface area contributed by atoms with Crippen molar-refractivity contribution in [3.8, 4) is 5.75 Å². The van der Waals surface area contributed by atoms with Crippen LogP contribution in [-0.2, 0) is 0 Å². The minimum absolute atomic E-state index is 0.695. The summed E-state index contributed by atoms with van der Waals surface area (Å²) in [5.41, 5.74) is 0. The summed E-state index contributed by atoms with van der Waals surface area (Å²) in [6.45, 7) is 11.5. The zero-order chi connectivity index (χ0) is 13.3. The fourth-order valence-electron chi connectivity index (χ4n) is 1.37. The molecular formula is C14H23NOS. The largest absolute Gasteiger partial charge is 0.497 e. The third-order valence-corrected chi connectivity index (χ3v) is 2.89. The van der Waals surface area contributed by atoms with Crippen molar-refractivity contribution < 1.29 is 4.74 Å². The molecule has 0 aromatic heterocycles. The normalized spacial score (nSPS) is 10.0. The van der Waals surface area contributed by atoms with Gasteiger partial charge in [0.05, 0.1) is 7.11 Å². The predicted octanol–water partition coefficient (Wildman–Crippen LogP) is 4.09. The predicted molar refractivity (Wildman–Crippen MR) is 77.6 cm³/mol. The van der Waals surface area contributed by atoms with Crippen LogP contribution in [0.1, 0.15) is 13.8 Å². The van der Waals surface area contributed by atoms with E-state index in [2.05, 4.69) is 50.5 Å². The molecule has 0 atom stereocenters. The molecule has 0 unspecified atom stereocenters. The van der Waals surface area contributed by atoms with E-state index in [0.29, 0.717) is 5.92 Å². The number of benzene rings is 1. The average Bonchev–Trinajstić information content (AvgIpc) is 2.31. The molecule has 0 saturated heterocycles. The summed E-state index contributed by atoms with van der Waals surface area (Å²) in [7, 11) is 3.81. The number of rotatable bonds is 5. The molecule has 17 heavy (non-hydrogen) atoms. The molecule has 1 aromatic carbocycles. The summed E-state index contributed by atoms with van der Waals surface area (Å²) in [5, 5.41) is 0. The van der Waals surface area contributed by atoms with Crippen LogP contribution >= 0.6 is 11.9 Å². The molecular weight excluding hydrogens is 230 g/mol. The summed E-state index contributed by atoms with van der Waals surface area (Å²) in [4.78, 5) is 1.25. The van der Waals surface area contributed by atoms with Crippen LogP contribution in [0.2, 0.25) is 0 Å². The Morgan fingerprint density at radius 1 is 1.24 bits per heavy atom. The molecule has 0 heterocycles. The van der Waals surface area contributed by atoms with Gasteiger partial charge in [-0.3, -0.25) is 0 Å². The molecule has 3 heteroatoms. The van der Waals surface area contributed by atoms with Gasteiger partial charge in [0.2, 0.25) is 0 Å². The molecule has 0 aliphatic rings. The van der Waals surface area contributed by atoms with Crippen LogP contribution in [0, 0.1) is 5.92 Å². The molecule has 0 radical (unpaired) electrons. The van der Waals surface area contributed by atoms with Gasteiger partial charge in [-0.25, -0.2) is 4.31 Å². The van der Waals surface area contributed by atoms with Gasteiger partial charge in [-0.15, -0.1) is 13.2 Å². The highest BCUT2D eigenvalue weighted by Gasteiger charge is 2.03. The van der Waals surface area contributed by atoms with E-state index in [1.807, 2.05) is 12.1 Å². The van der Waals surface area contributed by atoms with E-state index in [-0.39, 0.29) is 0 Å². The monoisotopic (exact) mass is 253 g/mol. The second kappa shape index (κ2) is 9.14. The third kappa shape index (κ3) is 7.08. The fraction of sp³-hybridized carbons (Fsp3) is 0.429. The highest BCUT2D eigenvalue weighted by atomic mass is 32.2. The summed E-state index contributed by atoms with van der Waals surface area (Å²) in [6.07, 6.45) is 0. The van der Waals surface area contributed by atoms with E-state index in [9.17, 15) is 0 Å². The molecule has 2 nitrogen and oxygen atoms in total. The van der Waals surface area contributed by atoms with Crippen LogP contribution in [0.3, 0.4) is 0 Å².